The Kier molecular flexibility index (Phi) is 5.19. The molecule has 0 atom stereocenters. The molecule has 1 aromatic heterocycles. The number of carbonyl (C=O) groups excluding carboxylic acids is 1. The van der Waals surface area contributed by atoms with Gasteiger partial charge in [0.15, 0.2) is 0 Å². The number of aromatic nitrogens is 1. The molecule has 0 saturated carbocycles. The van der Waals surface area contributed by atoms with Gasteiger partial charge in [0.1, 0.15) is 0 Å². The summed E-state index contributed by atoms with van der Waals surface area (Å²) in [6, 6.07) is 18.0. The highest BCUT2D eigenvalue weighted by Crippen LogP contribution is 2.35. The number of nitrogens with zero attached hydrogens (tertiary/aromatic N) is 1. The Hall–Kier alpha value is -2.30. The first kappa shape index (κ1) is 18.1. The number of halogens is 1. The number of fused-ring (bicyclic) bond motifs is 1. The van der Waals surface area contributed by atoms with Crippen LogP contribution in [0.1, 0.15) is 18.4 Å². The van der Waals surface area contributed by atoms with Crippen LogP contribution >= 0.6 is 11.6 Å². The van der Waals surface area contributed by atoms with Crippen molar-refractivity contribution in [3.8, 4) is 0 Å². The third-order valence-electron chi connectivity index (χ3n) is 5.51. The summed E-state index contributed by atoms with van der Waals surface area (Å²) < 4.78 is 7.65. The number of carbonyl (C=O) groups is 1. The fourth-order valence-electron chi connectivity index (χ4n) is 3.96. The topological polar surface area (TPSA) is 43.3 Å². The lowest BCUT2D eigenvalue weighted by Gasteiger charge is -2.36. The van der Waals surface area contributed by atoms with Gasteiger partial charge in [0, 0.05) is 48.4 Å². The van der Waals surface area contributed by atoms with Gasteiger partial charge in [0.05, 0.1) is 5.41 Å². The molecule has 1 N–H and O–H groups in total. The van der Waals surface area contributed by atoms with Crippen LogP contribution < -0.4 is 5.32 Å². The molecule has 1 amide bonds. The normalized spacial score (nSPS) is 16.3. The Morgan fingerprint density at radius 2 is 1.85 bits per heavy atom. The molecule has 0 aliphatic carbocycles. The van der Waals surface area contributed by atoms with Crippen molar-refractivity contribution >= 4 is 28.4 Å². The summed E-state index contributed by atoms with van der Waals surface area (Å²) in [7, 11) is 0. The van der Waals surface area contributed by atoms with E-state index in [0.717, 1.165) is 21.5 Å². The first-order chi connectivity index (χ1) is 13.2. The van der Waals surface area contributed by atoms with Gasteiger partial charge >= 0.3 is 0 Å². The summed E-state index contributed by atoms with van der Waals surface area (Å²) in [5.74, 6) is 0.0893. The summed E-state index contributed by atoms with van der Waals surface area (Å²) >= 11 is 6.25. The van der Waals surface area contributed by atoms with E-state index >= 15 is 0 Å². The van der Waals surface area contributed by atoms with Crippen molar-refractivity contribution in [3.05, 3.63) is 71.4 Å². The number of nitrogens with one attached hydrogen (secondary N) is 1. The van der Waals surface area contributed by atoms with Crippen LogP contribution in [-0.4, -0.2) is 30.2 Å². The molecule has 2 heterocycles. The maximum atomic E-state index is 13.2. The fraction of sp³-hybridized carbons (Fsp3) is 0.318. The largest absolute Gasteiger partial charge is 0.381 e. The molecule has 1 saturated heterocycles. The lowest BCUT2D eigenvalue weighted by molar-refractivity contribution is -0.130. The predicted octanol–water partition coefficient (Wildman–Crippen LogP) is 4.16. The Balaban J connectivity index is 1.48. The molecule has 1 aliphatic heterocycles. The van der Waals surface area contributed by atoms with Crippen molar-refractivity contribution in [2.24, 2.45) is 0 Å². The van der Waals surface area contributed by atoms with E-state index in [1.165, 1.54) is 0 Å². The van der Waals surface area contributed by atoms with Crippen LogP contribution in [0.25, 0.3) is 10.9 Å². The fourth-order valence-corrected chi connectivity index (χ4v) is 4.20. The average Bonchev–Trinajstić information content (AvgIpc) is 3.13. The van der Waals surface area contributed by atoms with Crippen LogP contribution in [-0.2, 0) is 21.5 Å². The summed E-state index contributed by atoms with van der Waals surface area (Å²) in [6.07, 6.45) is 3.44. The van der Waals surface area contributed by atoms with Crippen molar-refractivity contribution in [2.75, 3.05) is 19.8 Å². The average molecular weight is 383 g/mol. The van der Waals surface area contributed by atoms with E-state index in [0.29, 0.717) is 39.1 Å². The summed E-state index contributed by atoms with van der Waals surface area (Å²) in [5.41, 5.74) is 1.66. The molecule has 3 aromatic rings. The SMILES string of the molecule is O=C(NCCn1ccc2c(Cl)cccc21)C1(c2ccccc2)CCOCC1. The molecule has 4 rings (SSSR count). The maximum Gasteiger partial charge on any atom is 0.230 e. The Morgan fingerprint density at radius 1 is 1.07 bits per heavy atom. The number of amides is 1. The van der Waals surface area contributed by atoms with E-state index in [1.807, 2.05) is 60.8 Å². The predicted molar refractivity (Wildman–Crippen MR) is 108 cm³/mol. The molecular weight excluding hydrogens is 360 g/mol. The lowest BCUT2D eigenvalue weighted by atomic mass is 9.73. The van der Waals surface area contributed by atoms with E-state index in [9.17, 15) is 4.79 Å². The first-order valence-corrected chi connectivity index (χ1v) is 9.73. The standard InChI is InChI=1S/C22H23ClN2O2/c23-19-7-4-8-20-18(19)9-13-25(20)14-12-24-21(26)22(10-15-27-16-11-22)17-5-2-1-3-6-17/h1-9,13H,10-12,14-16H2,(H,24,26). The highest BCUT2D eigenvalue weighted by molar-refractivity contribution is 6.35. The zero-order valence-corrected chi connectivity index (χ0v) is 15.9. The smallest absolute Gasteiger partial charge is 0.230 e. The van der Waals surface area contributed by atoms with Crippen LogP contribution in [0.4, 0.5) is 0 Å². The molecule has 0 spiro atoms. The van der Waals surface area contributed by atoms with Gasteiger partial charge in [-0.3, -0.25) is 4.79 Å². The Bertz CT molecular complexity index is 930. The lowest BCUT2D eigenvalue weighted by Crippen LogP contribution is -2.48. The van der Waals surface area contributed by atoms with Gasteiger partial charge in [0.25, 0.3) is 0 Å². The third kappa shape index (κ3) is 3.47. The maximum absolute atomic E-state index is 13.2. The van der Waals surface area contributed by atoms with Crippen LogP contribution in [0.3, 0.4) is 0 Å². The van der Waals surface area contributed by atoms with Gasteiger partial charge in [-0.25, -0.2) is 0 Å². The number of rotatable bonds is 5. The van der Waals surface area contributed by atoms with Crippen LogP contribution in [0.5, 0.6) is 0 Å². The van der Waals surface area contributed by atoms with Gasteiger partial charge in [-0.15, -0.1) is 0 Å². The van der Waals surface area contributed by atoms with Crippen molar-refractivity contribution in [3.63, 3.8) is 0 Å². The number of hydrogen-bond acceptors (Lipinski definition) is 2. The van der Waals surface area contributed by atoms with Crippen molar-refractivity contribution in [1.29, 1.82) is 0 Å². The molecule has 0 unspecified atom stereocenters. The molecule has 27 heavy (non-hydrogen) atoms. The number of ether oxygens (including phenoxy) is 1. The molecule has 140 valence electrons. The van der Waals surface area contributed by atoms with E-state index < -0.39 is 5.41 Å². The molecule has 2 aromatic carbocycles. The van der Waals surface area contributed by atoms with Gasteiger partial charge in [-0.05, 0) is 36.6 Å². The molecule has 5 heteroatoms. The van der Waals surface area contributed by atoms with Gasteiger partial charge in [-0.2, -0.15) is 0 Å². The monoisotopic (exact) mass is 382 g/mol. The second kappa shape index (κ2) is 7.75. The van der Waals surface area contributed by atoms with Crippen LogP contribution in [0.2, 0.25) is 5.02 Å². The zero-order valence-electron chi connectivity index (χ0n) is 15.2. The molecule has 0 bridgehead atoms. The molecule has 1 aliphatic rings. The highest BCUT2D eigenvalue weighted by Gasteiger charge is 2.41. The minimum atomic E-state index is -0.498. The van der Waals surface area contributed by atoms with Gasteiger partial charge < -0.3 is 14.6 Å². The van der Waals surface area contributed by atoms with Crippen molar-refractivity contribution in [2.45, 2.75) is 24.8 Å². The summed E-state index contributed by atoms with van der Waals surface area (Å²) in [4.78, 5) is 13.2. The molecule has 0 radical (unpaired) electrons. The number of benzene rings is 2. The quantitative estimate of drug-likeness (QED) is 0.720. The molecule has 1 fully saturated rings. The zero-order chi connectivity index (χ0) is 18.7. The van der Waals surface area contributed by atoms with Crippen molar-refractivity contribution < 1.29 is 9.53 Å². The van der Waals surface area contributed by atoms with E-state index in [-0.39, 0.29) is 5.91 Å². The minimum absolute atomic E-state index is 0.0893. The van der Waals surface area contributed by atoms with Gasteiger partial charge in [-0.1, -0.05) is 48.0 Å². The van der Waals surface area contributed by atoms with Gasteiger partial charge in [0.2, 0.25) is 5.91 Å². The second-order valence-electron chi connectivity index (χ2n) is 7.00. The minimum Gasteiger partial charge on any atom is -0.381 e. The van der Waals surface area contributed by atoms with E-state index in [1.54, 1.807) is 0 Å². The molecule has 4 nitrogen and oxygen atoms in total. The van der Waals surface area contributed by atoms with E-state index in [4.69, 9.17) is 16.3 Å². The second-order valence-corrected chi connectivity index (χ2v) is 7.41. The Labute approximate surface area is 164 Å². The van der Waals surface area contributed by atoms with Crippen LogP contribution in [0.15, 0.2) is 60.8 Å². The third-order valence-corrected chi connectivity index (χ3v) is 5.84. The Morgan fingerprint density at radius 3 is 2.63 bits per heavy atom. The molecular formula is C22H23ClN2O2. The highest BCUT2D eigenvalue weighted by atomic mass is 35.5. The van der Waals surface area contributed by atoms with E-state index in [2.05, 4.69) is 9.88 Å². The summed E-state index contributed by atoms with van der Waals surface area (Å²) in [6.45, 7) is 2.51. The first-order valence-electron chi connectivity index (χ1n) is 9.36. The van der Waals surface area contributed by atoms with Crippen LogP contribution in [0, 0.1) is 0 Å². The van der Waals surface area contributed by atoms with Crippen molar-refractivity contribution in [1.82, 2.24) is 9.88 Å². The number of hydrogen-bond donors (Lipinski definition) is 1. The summed E-state index contributed by atoms with van der Waals surface area (Å²) in [5, 5.41) is 4.95.